The molecule has 160 valence electrons. The zero-order valence-electron chi connectivity index (χ0n) is 16.7. The number of methoxy groups -OCH3 is 2. The second kappa shape index (κ2) is 8.27. The Morgan fingerprint density at radius 3 is 2.68 bits per heavy atom. The average Bonchev–Trinajstić information content (AvgIpc) is 3.13. The number of fused-ring (bicyclic) bond motifs is 3. The number of hydrogen-bond donors (Lipinski definition) is 2. The van der Waals surface area contributed by atoms with Crippen LogP contribution in [0.5, 0.6) is 11.5 Å². The molecule has 0 spiro atoms. The summed E-state index contributed by atoms with van der Waals surface area (Å²) in [6, 6.07) is 7.39. The highest BCUT2D eigenvalue weighted by atomic mass is 35.5. The second-order valence-electron chi connectivity index (χ2n) is 6.77. The van der Waals surface area contributed by atoms with Crippen LogP contribution in [0.2, 0.25) is 5.02 Å². The summed E-state index contributed by atoms with van der Waals surface area (Å²) in [5, 5.41) is 3.26. The molecule has 0 fully saturated rings. The number of amides is 1. The minimum Gasteiger partial charge on any atom is -0.493 e. The molecule has 4 aromatic rings. The Morgan fingerprint density at radius 2 is 1.97 bits per heavy atom. The monoisotopic (exact) mass is 444 g/mol. The van der Waals surface area contributed by atoms with Crippen LogP contribution in [-0.2, 0) is 11.3 Å². The number of hydrogen-bond acceptors (Lipinski definition) is 5. The van der Waals surface area contributed by atoms with E-state index in [0.29, 0.717) is 33.7 Å². The molecular formula is C21H18ClFN4O4. The van der Waals surface area contributed by atoms with Crippen LogP contribution >= 0.6 is 11.6 Å². The first-order valence-electron chi connectivity index (χ1n) is 9.29. The van der Waals surface area contributed by atoms with Gasteiger partial charge in [0.15, 0.2) is 11.5 Å². The lowest BCUT2D eigenvalue weighted by atomic mass is 10.2. The van der Waals surface area contributed by atoms with Crippen molar-refractivity contribution >= 4 is 45.1 Å². The van der Waals surface area contributed by atoms with E-state index in [1.807, 2.05) is 0 Å². The molecule has 2 aromatic carbocycles. The molecule has 4 rings (SSSR count). The molecule has 1 amide bonds. The fourth-order valence-corrected chi connectivity index (χ4v) is 3.48. The smallest absolute Gasteiger partial charge is 0.277 e. The predicted octanol–water partition coefficient (Wildman–Crippen LogP) is 3.72. The summed E-state index contributed by atoms with van der Waals surface area (Å²) in [5.74, 6) is 0.138. The molecule has 0 aliphatic carbocycles. The van der Waals surface area contributed by atoms with Gasteiger partial charge in [-0.15, -0.1) is 0 Å². The first-order chi connectivity index (χ1) is 14.9. The van der Waals surface area contributed by atoms with Crippen molar-refractivity contribution in [1.29, 1.82) is 0 Å². The van der Waals surface area contributed by atoms with Gasteiger partial charge in [-0.25, -0.2) is 9.37 Å². The molecule has 0 aliphatic rings. The summed E-state index contributed by atoms with van der Waals surface area (Å²) in [6.07, 6.45) is 1.42. The highest BCUT2D eigenvalue weighted by Crippen LogP contribution is 2.34. The van der Waals surface area contributed by atoms with Gasteiger partial charge in [0.25, 0.3) is 5.56 Å². The van der Waals surface area contributed by atoms with Crippen molar-refractivity contribution < 1.29 is 18.7 Å². The largest absolute Gasteiger partial charge is 0.493 e. The number of carbonyl (C=O) groups is 1. The Kier molecular flexibility index (Phi) is 5.51. The van der Waals surface area contributed by atoms with Gasteiger partial charge in [0.2, 0.25) is 5.91 Å². The van der Waals surface area contributed by atoms with E-state index >= 15 is 0 Å². The number of nitrogens with one attached hydrogen (secondary N) is 2. The maximum absolute atomic E-state index is 13.2. The maximum Gasteiger partial charge on any atom is 0.277 e. The molecule has 2 heterocycles. The van der Waals surface area contributed by atoms with E-state index < -0.39 is 5.82 Å². The number of ether oxygens (including phenoxy) is 2. The van der Waals surface area contributed by atoms with Crippen LogP contribution in [0.1, 0.15) is 6.42 Å². The second-order valence-corrected chi connectivity index (χ2v) is 7.18. The molecule has 2 aromatic heterocycles. The number of nitrogens with zero attached hydrogens (tertiary/aromatic N) is 2. The van der Waals surface area contributed by atoms with Gasteiger partial charge in [0, 0.05) is 30.1 Å². The van der Waals surface area contributed by atoms with Crippen LogP contribution in [0.3, 0.4) is 0 Å². The van der Waals surface area contributed by atoms with E-state index in [0.717, 1.165) is 5.39 Å². The number of anilines is 1. The minimum absolute atomic E-state index is 0.0178. The van der Waals surface area contributed by atoms with E-state index in [2.05, 4.69) is 15.3 Å². The number of aryl methyl sites for hydroxylation is 1. The standard InChI is InChI=1S/C21H18ClFN4O4/c1-30-16-8-12-15(9-17(16)31-2)26-20-19(12)24-10-27(21(20)29)6-5-18(28)25-11-3-4-14(23)13(22)7-11/h3-4,7-10,26H,5-6H2,1-2H3,(H,25,28). The number of benzene rings is 2. The van der Waals surface area contributed by atoms with Crippen molar-refractivity contribution in [1.82, 2.24) is 14.5 Å². The SMILES string of the molecule is COc1cc2[nH]c3c(=O)n(CCC(=O)Nc4ccc(F)c(Cl)c4)cnc3c2cc1OC. The lowest BCUT2D eigenvalue weighted by molar-refractivity contribution is -0.116. The Morgan fingerprint density at radius 1 is 1.23 bits per heavy atom. The van der Waals surface area contributed by atoms with Crippen molar-refractivity contribution in [2.45, 2.75) is 13.0 Å². The number of aromatic amines is 1. The molecule has 8 nitrogen and oxygen atoms in total. The molecule has 0 saturated heterocycles. The van der Waals surface area contributed by atoms with E-state index in [1.54, 1.807) is 12.1 Å². The quantitative estimate of drug-likeness (QED) is 0.472. The summed E-state index contributed by atoms with van der Waals surface area (Å²) in [7, 11) is 3.06. The van der Waals surface area contributed by atoms with E-state index in [1.165, 1.54) is 43.3 Å². The molecule has 0 saturated carbocycles. The van der Waals surface area contributed by atoms with Crippen LogP contribution in [0.25, 0.3) is 21.9 Å². The topological polar surface area (TPSA) is 98.2 Å². The molecule has 31 heavy (non-hydrogen) atoms. The van der Waals surface area contributed by atoms with Gasteiger partial charge in [-0.1, -0.05) is 11.6 Å². The van der Waals surface area contributed by atoms with Crippen molar-refractivity contribution in [2.75, 3.05) is 19.5 Å². The number of aromatic nitrogens is 3. The van der Waals surface area contributed by atoms with E-state index in [-0.39, 0.29) is 29.5 Å². The Bertz CT molecular complexity index is 1370. The minimum atomic E-state index is -0.570. The van der Waals surface area contributed by atoms with Gasteiger partial charge in [-0.2, -0.15) is 0 Å². The zero-order chi connectivity index (χ0) is 22.1. The summed E-state index contributed by atoms with van der Waals surface area (Å²) < 4.78 is 25.2. The first kappa shape index (κ1) is 20.7. The predicted molar refractivity (Wildman–Crippen MR) is 116 cm³/mol. The van der Waals surface area contributed by atoms with Crippen molar-refractivity contribution in [3.8, 4) is 11.5 Å². The van der Waals surface area contributed by atoms with Crippen molar-refractivity contribution in [2.24, 2.45) is 0 Å². The molecular weight excluding hydrogens is 427 g/mol. The van der Waals surface area contributed by atoms with E-state index in [9.17, 15) is 14.0 Å². The zero-order valence-corrected chi connectivity index (χ0v) is 17.4. The van der Waals surface area contributed by atoms with Crippen LogP contribution in [0, 0.1) is 5.82 Å². The lowest BCUT2D eigenvalue weighted by Crippen LogP contribution is -2.23. The van der Waals surface area contributed by atoms with Crippen LogP contribution < -0.4 is 20.3 Å². The Hall–Kier alpha value is -3.59. The Balaban J connectivity index is 1.57. The number of halogens is 2. The first-order valence-corrected chi connectivity index (χ1v) is 9.67. The number of H-pyrrole nitrogens is 1. The summed E-state index contributed by atoms with van der Waals surface area (Å²) >= 11 is 5.72. The highest BCUT2D eigenvalue weighted by Gasteiger charge is 2.15. The highest BCUT2D eigenvalue weighted by molar-refractivity contribution is 6.31. The maximum atomic E-state index is 13.2. The Labute approximate surface area is 180 Å². The molecule has 0 radical (unpaired) electrons. The van der Waals surface area contributed by atoms with Crippen molar-refractivity contribution in [3.05, 3.63) is 57.9 Å². The fourth-order valence-electron chi connectivity index (χ4n) is 3.30. The number of rotatable bonds is 6. The number of carbonyl (C=O) groups excluding carboxylic acids is 1. The molecule has 0 aliphatic heterocycles. The van der Waals surface area contributed by atoms with Gasteiger partial charge in [0.1, 0.15) is 16.9 Å². The van der Waals surface area contributed by atoms with Crippen LogP contribution in [-0.4, -0.2) is 34.7 Å². The normalized spacial score (nSPS) is 11.1. The molecule has 0 unspecified atom stereocenters. The van der Waals surface area contributed by atoms with Gasteiger partial charge >= 0.3 is 0 Å². The van der Waals surface area contributed by atoms with Gasteiger partial charge in [0.05, 0.1) is 31.1 Å². The third-order valence-electron chi connectivity index (χ3n) is 4.86. The van der Waals surface area contributed by atoms with E-state index in [4.69, 9.17) is 21.1 Å². The van der Waals surface area contributed by atoms with Crippen LogP contribution in [0.4, 0.5) is 10.1 Å². The van der Waals surface area contributed by atoms with Crippen molar-refractivity contribution in [3.63, 3.8) is 0 Å². The molecule has 0 bridgehead atoms. The van der Waals surface area contributed by atoms with Gasteiger partial charge in [-0.3, -0.25) is 14.2 Å². The van der Waals surface area contributed by atoms with Gasteiger partial charge < -0.3 is 19.8 Å². The molecule has 2 N–H and O–H groups in total. The average molecular weight is 445 g/mol. The summed E-state index contributed by atoms with van der Waals surface area (Å²) in [4.78, 5) is 32.6. The van der Waals surface area contributed by atoms with Gasteiger partial charge in [-0.05, 0) is 24.3 Å². The summed E-state index contributed by atoms with van der Waals surface area (Å²) in [6.45, 7) is 0.116. The molecule has 10 heteroatoms. The third kappa shape index (κ3) is 3.91. The van der Waals surface area contributed by atoms with Crippen LogP contribution in [0.15, 0.2) is 41.5 Å². The molecule has 0 atom stereocenters. The fraction of sp³-hybridized carbons (Fsp3) is 0.190. The summed E-state index contributed by atoms with van der Waals surface area (Å²) in [5.41, 5.74) is 1.56. The lowest BCUT2D eigenvalue weighted by Gasteiger charge is -2.08. The third-order valence-corrected chi connectivity index (χ3v) is 5.15.